The number of pyridine rings is 1. The molecule has 2 N–H and O–H groups in total. The Balaban J connectivity index is 2.14. The van der Waals surface area contributed by atoms with Gasteiger partial charge in [0.1, 0.15) is 0 Å². The second-order valence-corrected chi connectivity index (χ2v) is 4.04. The molecule has 0 fully saturated rings. The van der Waals surface area contributed by atoms with Crippen LogP contribution < -0.4 is 5.73 Å². The van der Waals surface area contributed by atoms with E-state index in [2.05, 4.69) is 10.1 Å². The summed E-state index contributed by atoms with van der Waals surface area (Å²) >= 11 is 0. The van der Waals surface area contributed by atoms with Gasteiger partial charge in [-0.3, -0.25) is 9.67 Å². The highest BCUT2D eigenvalue weighted by Crippen LogP contribution is 2.16. The van der Waals surface area contributed by atoms with Crippen molar-refractivity contribution in [2.24, 2.45) is 12.8 Å². The monoisotopic (exact) mass is 216 g/mol. The molecular weight excluding hydrogens is 200 g/mol. The van der Waals surface area contributed by atoms with Gasteiger partial charge in [-0.05, 0) is 30.5 Å². The van der Waals surface area contributed by atoms with Gasteiger partial charge in [0, 0.05) is 19.4 Å². The van der Waals surface area contributed by atoms with Crippen molar-refractivity contribution < 1.29 is 0 Å². The summed E-state index contributed by atoms with van der Waals surface area (Å²) in [5.41, 5.74) is 9.38. The van der Waals surface area contributed by atoms with Crippen LogP contribution in [-0.4, -0.2) is 14.8 Å². The van der Waals surface area contributed by atoms with Crippen LogP contribution in [0.15, 0.2) is 30.7 Å². The van der Waals surface area contributed by atoms with E-state index in [0.717, 1.165) is 23.2 Å². The van der Waals surface area contributed by atoms with Crippen LogP contribution in [-0.2, 0) is 13.5 Å². The van der Waals surface area contributed by atoms with E-state index in [1.165, 1.54) is 0 Å². The fourth-order valence-electron chi connectivity index (χ4n) is 1.81. The van der Waals surface area contributed by atoms with Gasteiger partial charge < -0.3 is 5.73 Å². The highest BCUT2D eigenvalue weighted by atomic mass is 15.2. The minimum atomic E-state index is -0.0644. The van der Waals surface area contributed by atoms with E-state index >= 15 is 0 Å². The van der Waals surface area contributed by atoms with E-state index < -0.39 is 0 Å². The lowest BCUT2D eigenvalue weighted by atomic mass is 10.0. The summed E-state index contributed by atoms with van der Waals surface area (Å²) in [7, 11) is 1.90. The fourth-order valence-corrected chi connectivity index (χ4v) is 1.81. The van der Waals surface area contributed by atoms with Crippen molar-refractivity contribution in [1.29, 1.82) is 0 Å². The Kier molecular flexibility index (Phi) is 3.01. The van der Waals surface area contributed by atoms with Gasteiger partial charge >= 0.3 is 0 Å². The summed E-state index contributed by atoms with van der Waals surface area (Å²) in [6.45, 7) is 2.03. The van der Waals surface area contributed by atoms with Crippen LogP contribution in [0.2, 0.25) is 0 Å². The summed E-state index contributed by atoms with van der Waals surface area (Å²) in [5, 5.41) is 4.13. The average molecular weight is 216 g/mol. The molecule has 4 nitrogen and oxygen atoms in total. The molecule has 0 aliphatic rings. The molecule has 0 spiro atoms. The van der Waals surface area contributed by atoms with Crippen LogP contribution in [0.5, 0.6) is 0 Å². The minimum Gasteiger partial charge on any atom is -0.322 e. The molecule has 4 heteroatoms. The van der Waals surface area contributed by atoms with Gasteiger partial charge in [0.2, 0.25) is 0 Å². The molecule has 0 aliphatic carbocycles. The molecule has 0 aromatic carbocycles. The molecule has 2 aromatic heterocycles. The third-order valence-electron chi connectivity index (χ3n) is 2.62. The number of hydrogen-bond acceptors (Lipinski definition) is 3. The maximum absolute atomic E-state index is 6.14. The zero-order chi connectivity index (χ0) is 11.5. The van der Waals surface area contributed by atoms with E-state index in [1.807, 2.05) is 38.5 Å². The van der Waals surface area contributed by atoms with Crippen molar-refractivity contribution >= 4 is 0 Å². The van der Waals surface area contributed by atoms with Crippen LogP contribution in [0.4, 0.5) is 0 Å². The first-order chi connectivity index (χ1) is 7.66. The van der Waals surface area contributed by atoms with Crippen molar-refractivity contribution in [2.75, 3.05) is 0 Å². The molecular formula is C12H16N4. The number of rotatable bonds is 3. The van der Waals surface area contributed by atoms with E-state index in [4.69, 9.17) is 5.73 Å². The van der Waals surface area contributed by atoms with Crippen molar-refractivity contribution in [1.82, 2.24) is 14.8 Å². The second-order valence-electron chi connectivity index (χ2n) is 4.04. The average Bonchev–Trinajstić information content (AvgIpc) is 2.64. The number of aromatic nitrogens is 3. The Morgan fingerprint density at radius 1 is 1.50 bits per heavy atom. The minimum absolute atomic E-state index is 0.0644. The molecule has 1 atom stereocenters. The number of hydrogen-bond donors (Lipinski definition) is 1. The van der Waals surface area contributed by atoms with Gasteiger partial charge in [0.25, 0.3) is 0 Å². The van der Waals surface area contributed by atoms with Crippen molar-refractivity contribution in [3.63, 3.8) is 0 Å². The van der Waals surface area contributed by atoms with E-state index in [1.54, 1.807) is 10.9 Å². The molecule has 1 unspecified atom stereocenters. The zero-order valence-electron chi connectivity index (χ0n) is 9.59. The first-order valence-corrected chi connectivity index (χ1v) is 5.31. The van der Waals surface area contributed by atoms with Crippen molar-refractivity contribution in [3.8, 4) is 0 Å². The topological polar surface area (TPSA) is 56.7 Å². The summed E-state index contributed by atoms with van der Waals surface area (Å²) in [6, 6.07) is 3.89. The molecule has 84 valence electrons. The first-order valence-electron chi connectivity index (χ1n) is 5.31. The number of nitrogens with zero attached hydrogens (tertiary/aromatic N) is 3. The Bertz CT molecular complexity index is 475. The molecule has 2 aromatic rings. The van der Waals surface area contributed by atoms with E-state index in [-0.39, 0.29) is 6.04 Å². The van der Waals surface area contributed by atoms with Gasteiger partial charge in [-0.2, -0.15) is 5.10 Å². The molecule has 16 heavy (non-hydrogen) atoms. The quantitative estimate of drug-likeness (QED) is 0.843. The highest BCUT2D eigenvalue weighted by Gasteiger charge is 2.11. The lowest BCUT2D eigenvalue weighted by Crippen LogP contribution is -2.16. The van der Waals surface area contributed by atoms with Crippen LogP contribution >= 0.6 is 0 Å². The lowest BCUT2D eigenvalue weighted by Gasteiger charge is -2.11. The van der Waals surface area contributed by atoms with Gasteiger partial charge in [-0.15, -0.1) is 0 Å². The van der Waals surface area contributed by atoms with E-state index in [9.17, 15) is 0 Å². The molecule has 0 saturated carbocycles. The fraction of sp³-hybridized carbons (Fsp3) is 0.333. The number of nitrogens with two attached hydrogens (primary N) is 1. The molecule has 0 radical (unpaired) electrons. The molecule has 0 aliphatic heterocycles. The van der Waals surface area contributed by atoms with Gasteiger partial charge in [-0.1, -0.05) is 6.07 Å². The smallest absolute Gasteiger partial charge is 0.0603 e. The summed E-state index contributed by atoms with van der Waals surface area (Å²) in [6.07, 6.45) is 6.38. The summed E-state index contributed by atoms with van der Waals surface area (Å²) in [4.78, 5) is 4.33. The summed E-state index contributed by atoms with van der Waals surface area (Å²) < 4.78 is 1.79. The van der Waals surface area contributed by atoms with Gasteiger partial charge in [0.05, 0.1) is 17.9 Å². The lowest BCUT2D eigenvalue weighted by molar-refractivity contribution is 0.689. The van der Waals surface area contributed by atoms with E-state index in [0.29, 0.717) is 0 Å². The third kappa shape index (κ3) is 2.28. The SMILES string of the molecule is Cc1cccnc1C(N)Cc1cnn(C)c1. The second kappa shape index (κ2) is 4.45. The molecule has 0 amide bonds. The zero-order valence-corrected chi connectivity index (χ0v) is 9.59. The predicted octanol–water partition coefficient (Wildman–Crippen LogP) is 1.37. The standard InChI is InChI=1S/C12H16N4/c1-9-4-3-5-14-12(9)11(13)6-10-7-15-16(2)8-10/h3-5,7-8,11H,6,13H2,1-2H3. The molecule has 2 heterocycles. The Morgan fingerprint density at radius 3 is 2.94 bits per heavy atom. The maximum Gasteiger partial charge on any atom is 0.0603 e. The Labute approximate surface area is 95.1 Å². The Hall–Kier alpha value is -1.68. The predicted molar refractivity (Wildman–Crippen MR) is 62.8 cm³/mol. The van der Waals surface area contributed by atoms with Crippen LogP contribution in [0.25, 0.3) is 0 Å². The molecule has 0 saturated heterocycles. The van der Waals surface area contributed by atoms with Crippen LogP contribution in [0.3, 0.4) is 0 Å². The molecule has 0 bridgehead atoms. The van der Waals surface area contributed by atoms with Gasteiger partial charge in [0.15, 0.2) is 0 Å². The van der Waals surface area contributed by atoms with Crippen LogP contribution in [0.1, 0.15) is 22.9 Å². The number of aryl methyl sites for hydroxylation is 2. The highest BCUT2D eigenvalue weighted by molar-refractivity contribution is 5.22. The summed E-state index contributed by atoms with van der Waals surface area (Å²) in [5.74, 6) is 0. The normalized spacial score (nSPS) is 12.7. The third-order valence-corrected chi connectivity index (χ3v) is 2.62. The largest absolute Gasteiger partial charge is 0.322 e. The maximum atomic E-state index is 6.14. The first kappa shape index (κ1) is 10.8. The van der Waals surface area contributed by atoms with Crippen molar-refractivity contribution in [2.45, 2.75) is 19.4 Å². The van der Waals surface area contributed by atoms with Gasteiger partial charge in [-0.25, -0.2) is 0 Å². The Morgan fingerprint density at radius 2 is 2.31 bits per heavy atom. The molecule has 2 rings (SSSR count). The van der Waals surface area contributed by atoms with Crippen LogP contribution in [0, 0.1) is 6.92 Å². The van der Waals surface area contributed by atoms with Crippen molar-refractivity contribution in [3.05, 3.63) is 47.5 Å².